The van der Waals surface area contributed by atoms with Crippen LogP contribution < -0.4 is 5.32 Å². The summed E-state index contributed by atoms with van der Waals surface area (Å²) >= 11 is 0. The highest BCUT2D eigenvalue weighted by Gasteiger charge is 2.35. The molecule has 0 fully saturated rings. The molecule has 2 aromatic rings. The molecule has 1 atom stereocenters. The average Bonchev–Trinajstić information content (AvgIpc) is 2.92. The molecule has 148 valence electrons. The van der Waals surface area contributed by atoms with Crippen LogP contribution in [-0.2, 0) is 9.53 Å². The Balaban J connectivity index is 1.70. The van der Waals surface area contributed by atoms with Crippen LogP contribution in [-0.4, -0.2) is 41.2 Å². The summed E-state index contributed by atoms with van der Waals surface area (Å²) in [6, 6.07) is 11.4. The Morgan fingerprint density at radius 3 is 2.55 bits per heavy atom. The van der Waals surface area contributed by atoms with E-state index < -0.39 is 29.8 Å². The summed E-state index contributed by atoms with van der Waals surface area (Å²) in [5.74, 6) is -2.17. The number of hydrogen-bond donors (Lipinski definition) is 1. The van der Waals surface area contributed by atoms with Gasteiger partial charge in [-0.2, -0.15) is 0 Å². The van der Waals surface area contributed by atoms with Crippen LogP contribution in [0.5, 0.6) is 0 Å². The van der Waals surface area contributed by atoms with Crippen molar-refractivity contribution >= 4 is 29.4 Å². The second kappa shape index (κ2) is 8.10. The number of ether oxygens (including phenoxy) is 1. The van der Waals surface area contributed by atoms with E-state index in [0.717, 1.165) is 10.5 Å². The van der Waals surface area contributed by atoms with Gasteiger partial charge in [-0.25, -0.2) is 4.79 Å². The van der Waals surface area contributed by atoms with Crippen molar-refractivity contribution in [2.24, 2.45) is 0 Å². The molecule has 0 bridgehead atoms. The summed E-state index contributed by atoms with van der Waals surface area (Å²) in [5, 5.41) is 2.68. The minimum Gasteiger partial charge on any atom is -0.449 e. The maximum Gasteiger partial charge on any atom is 0.338 e. The van der Waals surface area contributed by atoms with Crippen LogP contribution in [0.4, 0.5) is 5.69 Å². The maximum atomic E-state index is 12.4. The fourth-order valence-corrected chi connectivity index (χ4v) is 2.96. The number of amides is 3. The van der Waals surface area contributed by atoms with Gasteiger partial charge in [-0.15, -0.1) is 6.58 Å². The van der Waals surface area contributed by atoms with Crippen LogP contribution >= 0.6 is 0 Å². The lowest BCUT2D eigenvalue weighted by Crippen LogP contribution is -2.30. The fraction of sp³-hybridized carbons (Fsp3) is 0.182. The second-order valence-electron chi connectivity index (χ2n) is 6.68. The lowest BCUT2D eigenvalue weighted by atomic mass is 10.1. The third-order valence-corrected chi connectivity index (χ3v) is 4.46. The number of carbonyl (C=O) groups excluding carboxylic acids is 4. The fourth-order valence-electron chi connectivity index (χ4n) is 2.96. The van der Waals surface area contributed by atoms with E-state index in [1.54, 1.807) is 18.2 Å². The first kappa shape index (κ1) is 20.0. The Kier molecular flexibility index (Phi) is 5.59. The molecular weight excluding hydrogens is 372 g/mol. The van der Waals surface area contributed by atoms with Crippen LogP contribution in [0.1, 0.15) is 43.6 Å². The number of hydrogen-bond acceptors (Lipinski definition) is 5. The van der Waals surface area contributed by atoms with Crippen molar-refractivity contribution in [1.29, 1.82) is 0 Å². The van der Waals surface area contributed by atoms with Gasteiger partial charge >= 0.3 is 5.97 Å². The first-order valence-corrected chi connectivity index (χ1v) is 9.01. The number of anilines is 1. The van der Waals surface area contributed by atoms with Gasteiger partial charge in [0.15, 0.2) is 6.10 Å². The molecule has 7 nitrogen and oxygen atoms in total. The quantitative estimate of drug-likeness (QED) is 0.463. The van der Waals surface area contributed by atoms with Crippen LogP contribution in [0.15, 0.2) is 55.1 Å². The number of fused-ring (bicyclic) bond motifs is 1. The summed E-state index contributed by atoms with van der Waals surface area (Å²) in [4.78, 5) is 50.4. The standard InChI is InChI=1S/C22H20N2O5/c1-4-10-24-20(26)17-9-8-15(12-18(17)21(24)27)22(28)29-14(3)19(25)23-16-7-5-6-13(2)11-16/h4-9,11-12,14H,1,10H2,2-3H3,(H,23,25)/t14-/m1/s1. The topological polar surface area (TPSA) is 92.8 Å². The number of nitrogens with one attached hydrogen (secondary N) is 1. The monoisotopic (exact) mass is 392 g/mol. The molecule has 0 spiro atoms. The first-order valence-electron chi connectivity index (χ1n) is 9.01. The molecule has 3 amide bonds. The molecule has 3 rings (SSSR count). The van der Waals surface area contributed by atoms with E-state index in [-0.39, 0.29) is 23.2 Å². The highest BCUT2D eigenvalue weighted by atomic mass is 16.5. The Morgan fingerprint density at radius 2 is 1.86 bits per heavy atom. The molecule has 29 heavy (non-hydrogen) atoms. The number of imide groups is 1. The van der Waals surface area contributed by atoms with Crippen molar-refractivity contribution in [1.82, 2.24) is 4.90 Å². The molecule has 1 N–H and O–H groups in total. The summed E-state index contributed by atoms with van der Waals surface area (Å²) < 4.78 is 5.22. The van der Waals surface area contributed by atoms with Crippen LogP contribution in [0.25, 0.3) is 0 Å². The number of esters is 1. The number of carbonyl (C=O) groups is 4. The third-order valence-electron chi connectivity index (χ3n) is 4.46. The van der Waals surface area contributed by atoms with Gasteiger partial charge in [0.2, 0.25) is 0 Å². The van der Waals surface area contributed by atoms with Gasteiger partial charge in [0, 0.05) is 12.2 Å². The van der Waals surface area contributed by atoms with E-state index in [1.807, 2.05) is 13.0 Å². The second-order valence-corrected chi connectivity index (χ2v) is 6.68. The van der Waals surface area contributed by atoms with Crippen molar-refractivity contribution in [2.45, 2.75) is 20.0 Å². The Labute approximate surface area is 168 Å². The van der Waals surface area contributed by atoms with E-state index in [9.17, 15) is 19.2 Å². The zero-order valence-electron chi connectivity index (χ0n) is 16.1. The summed E-state index contributed by atoms with van der Waals surface area (Å²) in [7, 11) is 0. The molecule has 0 radical (unpaired) electrons. The van der Waals surface area contributed by atoms with Gasteiger partial charge in [-0.05, 0) is 49.7 Å². The lowest BCUT2D eigenvalue weighted by molar-refractivity contribution is -0.123. The number of nitrogens with zero attached hydrogens (tertiary/aromatic N) is 1. The smallest absolute Gasteiger partial charge is 0.338 e. The number of rotatable bonds is 6. The number of benzene rings is 2. The van der Waals surface area contributed by atoms with Gasteiger partial charge in [0.1, 0.15) is 0 Å². The minimum absolute atomic E-state index is 0.0839. The highest BCUT2D eigenvalue weighted by Crippen LogP contribution is 2.24. The van der Waals surface area contributed by atoms with E-state index in [1.165, 1.54) is 31.2 Å². The molecule has 1 aliphatic heterocycles. The Morgan fingerprint density at radius 1 is 1.14 bits per heavy atom. The zero-order chi connectivity index (χ0) is 21.1. The van der Waals surface area contributed by atoms with E-state index in [2.05, 4.69) is 11.9 Å². The molecule has 0 unspecified atom stereocenters. The molecule has 7 heteroatoms. The van der Waals surface area contributed by atoms with E-state index in [0.29, 0.717) is 5.69 Å². The summed E-state index contributed by atoms with van der Waals surface area (Å²) in [5.41, 5.74) is 2.01. The lowest BCUT2D eigenvalue weighted by Gasteiger charge is -2.14. The largest absolute Gasteiger partial charge is 0.449 e. The number of aryl methyl sites for hydroxylation is 1. The van der Waals surface area contributed by atoms with Gasteiger partial charge in [0.05, 0.1) is 16.7 Å². The predicted molar refractivity (Wildman–Crippen MR) is 107 cm³/mol. The molecular formula is C22H20N2O5. The third kappa shape index (κ3) is 4.08. The molecule has 0 saturated heterocycles. The van der Waals surface area contributed by atoms with Gasteiger partial charge in [0.25, 0.3) is 17.7 Å². The molecule has 0 saturated carbocycles. The van der Waals surface area contributed by atoms with E-state index >= 15 is 0 Å². The van der Waals surface area contributed by atoms with Crippen molar-refractivity contribution in [2.75, 3.05) is 11.9 Å². The summed E-state index contributed by atoms with van der Waals surface area (Å²) in [6.45, 7) is 6.97. The molecule has 0 aliphatic carbocycles. The normalized spacial score (nSPS) is 13.7. The predicted octanol–water partition coefficient (Wildman–Crippen LogP) is 2.96. The maximum absolute atomic E-state index is 12.4. The van der Waals surface area contributed by atoms with Crippen LogP contribution in [0, 0.1) is 6.92 Å². The average molecular weight is 392 g/mol. The summed E-state index contributed by atoms with van der Waals surface area (Å²) in [6.07, 6.45) is 0.400. The first-order chi connectivity index (χ1) is 13.8. The van der Waals surface area contributed by atoms with Crippen LogP contribution in [0.3, 0.4) is 0 Å². The zero-order valence-corrected chi connectivity index (χ0v) is 16.1. The minimum atomic E-state index is -1.05. The van der Waals surface area contributed by atoms with Gasteiger partial charge < -0.3 is 10.1 Å². The van der Waals surface area contributed by atoms with Crippen molar-refractivity contribution in [3.8, 4) is 0 Å². The van der Waals surface area contributed by atoms with Crippen molar-refractivity contribution in [3.05, 3.63) is 77.4 Å². The van der Waals surface area contributed by atoms with Crippen molar-refractivity contribution in [3.63, 3.8) is 0 Å². The molecule has 0 aromatic heterocycles. The van der Waals surface area contributed by atoms with Gasteiger partial charge in [-0.3, -0.25) is 19.3 Å². The molecule has 1 aliphatic rings. The molecule has 2 aromatic carbocycles. The Hall–Kier alpha value is -3.74. The van der Waals surface area contributed by atoms with Gasteiger partial charge in [-0.1, -0.05) is 18.2 Å². The SMILES string of the molecule is C=CCN1C(=O)c2ccc(C(=O)O[C@H](C)C(=O)Nc3cccc(C)c3)cc2C1=O. The van der Waals surface area contributed by atoms with Crippen LogP contribution in [0.2, 0.25) is 0 Å². The molecule has 1 heterocycles. The van der Waals surface area contributed by atoms with Crippen molar-refractivity contribution < 1.29 is 23.9 Å². The van der Waals surface area contributed by atoms with E-state index in [4.69, 9.17) is 4.74 Å². The Bertz CT molecular complexity index is 1030. The highest BCUT2D eigenvalue weighted by molar-refractivity contribution is 6.22.